The first-order valence-electron chi connectivity index (χ1n) is 37.1. The molecule has 0 aromatic rings. The Labute approximate surface area is 592 Å². The molecule has 0 radical (unpaired) electrons. The summed E-state index contributed by atoms with van der Waals surface area (Å²) in [5, 5.41) is 10.6. The zero-order valence-corrected chi connectivity index (χ0v) is 62.4. The molecular formula is C79H130O17P2. The first-order chi connectivity index (χ1) is 47.7. The van der Waals surface area contributed by atoms with Gasteiger partial charge in [0.05, 0.1) is 26.4 Å². The molecule has 558 valence electrons. The highest BCUT2D eigenvalue weighted by Crippen LogP contribution is 2.45. The highest BCUT2D eigenvalue weighted by molar-refractivity contribution is 7.47. The van der Waals surface area contributed by atoms with E-state index in [2.05, 4.69) is 155 Å². The molecule has 0 spiro atoms. The zero-order valence-electron chi connectivity index (χ0n) is 60.7. The summed E-state index contributed by atoms with van der Waals surface area (Å²) in [7, 11) is -9.98. The van der Waals surface area contributed by atoms with Crippen molar-refractivity contribution >= 4 is 39.5 Å². The summed E-state index contributed by atoms with van der Waals surface area (Å²) in [6, 6.07) is 0. The number of ether oxygens (including phenoxy) is 4. The van der Waals surface area contributed by atoms with Crippen LogP contribution in [-0.2, 0) is 65.4 Å². The van der Waals surface area contributed by atoms with E-state index in [1.807, 2.05) is 18.2 Å². The van der Waals surface area contributed by atoms with E-state index in [-0.39, 0.29) is 25.7 Å². The summed E-state index contributed by atoms with van der Waals surface area (Å²) < 4.78 is 68.2. The molecule has 0 amide bonds. The van der Waals surface area contributed by atoms with Gasteiger partial charge in [0.2, 0.25) is 0 Å². The van der Waals surface area contributed by atoms with Gasteiger partial charge in [-0.05, 0) is 141 Å². The number of unbranched alkanes of at least 4 members (excludes halogenated alkanes) is 18. The fraction of sp³-hybridized carbons (Fsp3) is 0.646. The van der Waals surface area contributed by atoms with E-state index in [1.54, 1.807) is 0 Å². The molecule has 0 rings (SSSR count). The van der Waals surface area contributed by atoms with E-state index in [1.165, 1.54) is 0 Å². The molecule has 0 saturated heterocycles. The number of carbonyl (C=O) groups is 4. The number of allylic oxidation sites excluding steroid dienone is 24. The van der Waals surface area contributed by atoms with Crippen molar-refractivity contribution in [1.82, 2.24) is 0 Å². The van der Waals surface area contributed by atoms with Gasteiger partial charge in [0.25, 0.3) is 0 Å². The van der Waals surface area contributed by atoms with Crippen molar-refractivity contribution in [2.45, 2.75) is 290 Å². The van der Waals surface area contributed by atoms with Gasteiger partial charge in [0, 0.05) is 25.7 Å². The molecule has 19 heteroatoms. The van der Waals surface area contributed by atoms with Gasteiger partial charge in [-0.1, -0.05) is 251 Å². The van der Waals surface area contributed by atoms with Crippen molar-refractivity contribution in [2.24, 2.45) is 0 Å². The first kappa shape index (κ1) is 92.9. The largest absolute Gasteiger partial charge is 0.472 e. The number of phosphoric ester groups is 2. The number of rotatable bonds is 68. The van der Waals surface area contributed by atoms with Crippen molar-refractivity contribution in [2.75, 3.05) is 39.6 Å². The van der Waals surface area contributed by atoms with Gasteiger partial charge in [-0.25, -0.2) is 9.13 Å². The molecule has 0 fully saturated rings. The third-order valence-corrected chi connectivity index (χ3v) is 16.6. The van der Waals surface area contributed by atoms with Crippen LogP contribution in [0.5, 0.6) is 0 Å². The molecule has 98 heavy (non-hydrogen) atoms. The molecule has 0 saturated carbocycles. The zero-order chi connectivity index (χ0) is 71.8. The topological polar surface area (TPSA) is 237 Å². The summed E-state index contributed by atoms with van der Waals surface area (Å²) in [5.74, 6) is -2.33. The standard InChI is InChI=1S/C79H130O17P2/c1-5-9-13-17-21-25-29-33-34-35-36-37-38-42-44-48-52-56-60-64-77(82)90-70-75(96-79(84)66-62-58-54-50-46-41-32-28-24-20-16-12-8-4)72-94-98(87,88)92-68-73(80)67-91-97(85,86)93-71-74(95-78(83)65-61-57-53-49-45-40-31-27-23-19-15-11-7-3)69-89-76(81)63-59-55-51-47-43-39-30-26-22-18-14-10-6-2/h9,13-16,18-21,25-28,30-34,36-37,42,44,52,56,73-75,80H,5-8,10-12,17,22-24,29,35,38-41,43,45-51,53-55,57-72H2,1-4H3,(H,85,86)(H,87,88)/b13-9-,18-14-,19-15-,20-16-,25-21-,30-26-,31-27-,32-28-,34-33-,37-36-,44-42-,56-52-. The second-order valence-corrected chi connectivity index (χ2v) is 27.0. The Hall–Kier alpha value is -5.06. The van der Waals surface area contributed by atoms with Crippen molar-refractivity contribution in [3.63, 3.8) is 0 Å². The second-order valence-electron chi connectivity index (χ2n) is 24.1. The van der Waals surface area contributed by atoms with Crippen LogP contribution in [0.2, 0.25) is 0 Å². The minimum atomic E-state index is -5.00. The molecule has 0 aromatic carbocycles. The Bertz CT molecular complexity index is 2430. The van der Waals surface area contributed by atoms with Crippen LogP contribution in [0.25, 0.3) is 0 Å². The molecule has 0 heterocycles. The third-order valence-electron chi connectivity index (χ3n) is 14.7. The van der Waals surface area contributed by atoms with Crippen LogP contribution in [0, 0.1) is 0 Å². The highest BCUT2D eigenvalue weighted by atomic mass is 31.2. The second kappa shape index (κ2) is 70.4. The van der Waals surface area contributed by atoms with Crippen LogP contribution in [0.3, 0.4) is 0 Å². The lowest BCUT2D eigenvalue weighted by molar-refractivity contribution is -0.161. The molecule has 5 unspecified atom stereocenters. The minimum Gasteiger partial charge on any atom is -0.462 e. The van der Waals surface area contributed by atoms with Crippen LogP contribution < -0.4 is 0 Å². The SMILES string of the molecule is CC/C=C\C/C=C\C/C=C\C/C=C\C/C=C\C/C=C\CCC(=O)OCC(COP(=O)(O)OCC(O)COP(=O)(O)OCC(COC(=O)CCCCCCC/C=C\C/C=C\CCC)OC(=O)CCCCCCC/C=C\C/C=C\CCC)OC(=O)CCCCCCC/C=C\C/C=C\CCC. The summed E-state index contributed by atoms with van der Waals surface area (Å²) in [4.78, 5) is 72.7. The number of hydrogen-bond donors (Lipinski definition) is 3. The number of phosphoric acid groups is 2. The fourth-order valence-corrected chi connectivity index (χ4v) is 10.7. The average molecular weight is 1410 g/mol. The van der Waals surface area contributed by atoms with Crippen LogP contribution in [-0.4, -0.2) is 96.7 Å². The molecule has 3 N–H and O–H groups in total. The smallest absolute Gasteiger partial charge is 0.462 e. The molecule has 17 nitrogen and oxygen atoms in total. The maximum atomic E-state index is 13.1. The van der Waals surface area contributed by atoms with E-state index < -0.39 is 97.5 Å². The maximum absolute atomic E-state index is 13.1. The molecule has 0 aliphatic heterocycles. The van der Waals surface area contributed by atoms with Crippen molar-refractivity contribution in [3.05, 3.63) is 146 Å². The van der Waals surface area contributed by atoms with Gasteiger partial charge < -0.3 is 33.8 Å². The van der Waals surface area contributed by atoms with Gasteiger partial charge in [0.15, 0.2) is 12.2 Å². The maximum Gasteiger partial charge on any atom is 0.472 e. The Morgan fingerprint density at radius 3 is 0.878 bits per heavy atom. The predicted molar refractivity (Wildman–Crippen MR) is 399 cm³/mol. The van der Waals surface area contributed by atoms with E-state index in [0.29, 0.717) is 32.1 Å². The third kappa shape index (κ3) is 69.4. The van der Waals surface area contributed by atoms with Crippen molar-refractivity contribution in [3.8, 4) is 0 Å². The van der Waals surface area contributed by atoms with Crippen molar-refractivity contribution < 1.29 is 80.2 Å². The van der Waals surface area contributed by atoms with Crippen LogP contribution in [0.1, 0.15) is 272 Å². The van der Waals surface area contributed by atoms with Gasteiger partial charge in [-0.2, -0.15) is 0 Å². The van der Waals surface area contributed by atoms with Gasteiger partial charge in [0.1, 0.15) is 19.3 Å². The van der Waals surface area contributed by atoms with E-state index in [0.717, 1.165) is 186 Å². The summed E-state index contributed by atoms with van der Waals surface area (Å²) >= 11 is 0. The summed E-state index contributed by atoms with van der Waals surface area (Å²) in [6.07, 6.45) is 78.6. The van der Waals surface area contributed by atoms with Crippen LogP contribution >= 0.6 is 15.6 Å². The Morgan fingerprint density at radius 2 is 0.551 bits per heavy atom. The average Bonchev–Trinajstić information content (AvgIpc) is 0.966. The van der Waals surface area contributed by atoms with E-state index in [9.17, 15) is 43.2 Å². The first-order valence-corrected chi connectivity index (χ1v) is 40.1. The van der Waals surface area contributed by atoms with Crippen LogP contribution in [0.15, 0.2) is 146 Å². The number of esters is 4. The molecular weight excluding hydrogens is 1280 g/mol. The number of aliphatic hydroxyl groups is 1. The fourth-order valence-electron chi connectivity index (χ4n) is 9.12. The Balaban J connectivity index is 5.43. The minimum absolute atomic E-state index is 0.0286. The normalized spacial score (nSPS) is 14.8. The van der Waals surface area contributed by atoms with E-state index in [4.69, 9.17) is 37.0 Å². The quantitative estimate of drug-likeness (QED) is 0.0169. The summed E-state index contributed by atoms with van der Waals surface area (Å²) in [6.45, 7) is 4.40. The lowest BCUT2D eigenvalue weighted by atomic mass is 10.1. The molecule has 0 aliphatic rings. The summed E-state index contributed by atoms with van der Waals surface area (Å²) in [5.41, 5.74) is 0. The highest BCUT2D eigenvalue weighted by Gasteiger charge is 2.30. The Morgan fingerprint density at radius 1 is 0.296 bits per heavy atom. The monoisotopic (exact) mass is 1410 g/mol. The predicted octanol–water partition coefficient (Wildman–Crippen LogP) is 21.1. The molecule has 0 aliphatic carbocycles. The Kier molecular flexibility index (Phi) is 66.7. The number of aliphatic hydroxyl groups excluding tert-OH is 1. The van der Waals surface area contributed by atoms with Gasteiger partial charge >= 0.3 is 39.5 Å². The van der Waals surface area contributed by atoms with Gasteiger partial charge in [-0.15, -0.1) is 0 Å². The van der Waals surface area contributed by atoms with E-state index >= 15 is 0 Å². The number of carbonyl (C=O) groups excluding carboxylic acids is 4. The lowest BCUT2D eigenvalue weighted by Crippen LogP contribution is -2.30. The van der Waals surface area contributed by atoms with Gasteiger partial charge in [-0.3, -0.25) is 37.3 Å². The molecule has 5 atom stereocenters. The molecule has 0 aromatic heterocycles. The van der Waals surface area contributed by atoms with Crippen molar-refractivity contribution in [1.29, 1.82) is 0 Å². The lowest BCUT2D eigenvalue weighted by Gasteiger charge is -2.21. The molecule has 0 bridgehead atoms. The number of hydrogen-bond acceptors (Lipinski definition) is 15. The van der Waals surface area contributed by atoms with Crippen LogP contribution in [0.4, 0.5) is 0 Å².